The average Bonchev–Trinajstić information content (AvgIpc) is 2.38. The number of nitrogens with two attached hydrogens (primary N) is 1. The lowest BCUT2D eigenvalue weighted by Gasteiger charge is -2.34. The molecule has 4 nitrogen and oxygen atoms in total. The Balaban J connectivity index is 2.30. The van der Waals surface area contributed by atoms with E-state index in [4.69, 9.17) is 10.5 Å². The van der Waals surface area contributed by atoms with Crippen LogP contribution in [0, 0.1) is 0 Å². The lowest BCUT2D eigenvalue weighted by atomic mass is 10.2. The van der Waals surface area contributed by atoms with Crippen LogP contribution in [0.15, 0.2) is 24.3 Å². The summed E-state index contributed by atoms with van der Waals surface area (Å²) in [5.74, 6) is 2.28. The molecule has 0 aromatic heterocycles. The molecule has 92 valence electrons. The summed E-state index contributed by atoms with van der Waals surface area (Å²) in [7, 11) is 1.62. The van der Waals surface area contributed by atoms with Gasteiger partial charge in [0.2, 0.25) is 5.91 Å². The summed E-state index contributed by atoms with van der Waals surface area (Å²) in [6.07, 6.45) is 0. The van der Waals surface area contributed by atoms with Crippen molar-refractivity contribution < 1.29 is 9.53 Å². The average molecular weight is 252 g/mol. The van der Waals surface area contributed by atoms with Crippen LogP contribution in [0.4, 0.5) is 5.69 Å². The van der Waals surface area contributed by atoms with Gasteiger partial charge in [-0.05, 0) is 12.1 Å². The highest BCUT2D eigenvalue weighted by Crippen LogP contribution is 2.27. The molecule has 1 aromatic rings. The number of ether oxygens (including phenoxy) is 1. The third-order valence-electron chi connectivity index (χ3n) is 2.77. The van der Waals surface area contributed by atoms with Crippen LogP contribution in [-0.2, 0) is 4.79 Å². The van der Waals surface area contributed by atoms with E-state index in [0.717, 1.165) is 17.2 Å². The molecule has 2 N–H and O–H groups in total. The highest BCUT2D eigenvalue weighted by molar-refractivity contribution is 8.00. The smallest absolute Gasteiger partial charge is 0.237 e. The second kappa shape index (κ2) is 5.42. The molecule has 1 aromatic carbocycles. The van der Waals surface area contributed by atoms with E-state index in [-0.39, 0.29) is 11.9 Å². The zero-order chi connectivity index (χ0) is 12.3. The van der Waals surface area contributed by atoms with E-state index < -0.39 is 0 Å². The molecule has 1 aliphatic rings. The second-order valence-corrected chi connectivity index (χ2v) is 4.90. The van der Waals surface area contributed by atoms with Crippen molar-refractivity contribution in [2.75, 3.05) is 30.1 Å². The minimum Gasteiger partial charge on any atom is -0.497 e. The van der Waals surface area contributed by atoms with Crippen LogP contribution in [0.25, 0.3) is 0 Å². The van der Waals surface area contributed by atoms with E-state index in [1.807, 2.05) is 24.3 Å². The van der Waals surface area contributed by atoms with E-state index in [0.29, 0.717) is 12.3 Å². The molecular formula is C12H16N2O2S. The van der Waals surface area contributed by atoms with Gasteiger partial charge >= 0.3 is 0 Å². The van der Waals surface area contributed by atoms with Gasteiger partial charge in [0.25, 0.3) is 0 Å². The number of carbonyl (C=O) groups excluding carboxylic acids is 1. The molecule has 1 aliphatic heterocycles. The number of nitrogens with zero attached hydrogens (tertiary/aromatic N) is 1. The van der Waals surface area contributed by atoms with Crippen molar-refractivity contribution in [3.05, 3.63) is 24.3 Å². The monoisotopic (exact) mass is 252 g/mol. The van der Waals surface area contributed by atoms with Crippen molar-refractivity contribution in [2.45, 2.75) is 6.04 Å². The number of thioether (sulfide) groups is 1. The lowest BCUT2D eigenvalue weighted by Crippen LogP contribution is -2.50. The maximum absolute atomic E-state index is 12.0. The van der Waals surface area contributed by atoms with E-state index in [9.17, 15) is 4.79 Å². The first-order valence-corrected chi connectivity index (χ1v) is 6.65. The van der Waals surface area contributed by atoms with Crippen molar-refractivity contribution in [3.63, 3.8) is 0 Å². The van der Waals surface area contributed by atoms with Gasteiger partial charge in [-0.15, -0.1) is 11.8 Å². The summed E-state index contributed by atoms with van der Waals surface area (Å²) in [6, 6.07) is 7.62. The maximum atomic E-state index is 12.0. The molecule has 0 radical (unpaired) electrons. The molecule has 1 amide bonds. The molecule has 0 spiro atoms. The normalized spacial score (nSPS) is 20.5. The second-order valence-electron chi connectivity index (χ2n) is 3.87. The molecule has 0 saturated carbocycles. The number of anilines is 1. The van der Waals surface area contributed by atoms with E-state index >= 15 is 0 Å². The Morgan fingerprint density at radius 1 is 1.59 bits per heavy atom. The topological polar surface area (TPSA) is 55.6 Å². The Morgan fingerprint density at radius 2 is 2.41 bits per heavy atom. The molecule has 2 rings (SSSR count). The van der Waals surface area contributed by atoms with Crippen LogP contribution in [-0.4, -0.2) is 37.1 Å². The van der Waals surface area contributed by atoms with Crippen LogP contribution in [0.1, 0.15) is 0 Å². The third-order valence-corrected chi connectivity index (χ3v) is 3.84. The molecule has 0 bridgehead atoms. The first-order valence-electron chi connectivity index (χ1n) is 5.50. The number of carbonyl (C=O) groups is 1. The van der Waals surface area contributed by atoms with E-state index in [2.05, 4.69) is 0 Å². The van der Waals surface area contributed by atoms with Gasteiger partial charge in [-0.1, -0.05) is 6.07 Å². The summed E-state index contributed by atoms with van der Waals surface area (Å²) in [4.78, 5) is 13.8. The third kappa shape index (κ3) is 2.56. The summed E-state index contributed by atoms with van der Waals surface area (Å²) in [6.45, 7) is 0.482. The largest absolute Gasteiger partial charge is 0.497 e. The number of amides is 1. The molecular weight excluding hydrogens is 236 g/mol. The van der Waals surface area contributed by atoms with Crippen LogP contribution >= 0.6 is 11.8 Å². The van der Waals surface area contributed by atoms with Gasteiger partial charge in [0.15, 0.2) is 0 Å². The van der Waals surface area contributed by atoms with Crippen LogP contribution in [0.5, 0.6) is 5.75 Å². The van der Waals surface area contributed by atoms with Gasteiger partial charge in [-0.3, -0.25) is 4.79 Å². The van der Waals surface area contributed by atoms with Crippen molar-refractivity contribution in [3.8, 4) is 5.75 Å². The van der Waals surface area contributed by atoms with Gasteiger partial charge in [-0.2, -0.15) is 0 Å². The number of methoxy groups -OCH3 is 1. The molecule has 1 saturated heterocycles. The van der Waals surface area contributed by atoms with E-state index in [1.54, 1.807) is 23.8 Å². The first-order chi connectivity index (χ1) is 8.26. The SMILES string of the molecule is COc1cccc(N2C(=O)CSCC2CN)c1. The predicted molar refractivity (Wildman–Crippen MR) is 70.6 cm³/mol. The highest BCUT2D eigenvalue weighted by atomic mass is 32.2. The highest BCUT2D eigenvalue weighted by Gasteiger charge is 2.28. The molecule has 0 aliphatic carbocycles. The zero-order valence-electron chi connectivity index (χ0n) is 9.76. The fraction of sp³-hybridized carbons (Fsp3) is 0.417. The van der Waals surface area contributed by atoms with Gasteiger partial charge in [-0.25, -0.2) is 0 Å². The van der Waals surface area contributed by atoms with Gasteiger partial charge in [0.05, 0.1) is 18.9 Å². The zero-order valence-corrected chi connectivity index (χ0v) is 10.6. The Morgan fingerprint density at radius 3 is 3.12 bits per heavy atom. The van der Waals surface area contributed by atoms with Crippen LogP contribution in [0.3, 0.4) is 0 Å². The minimum absolute atomic E-state index is 0.0772. The summed E-state index contributed by atoms with van der Waals surface area (Å²) in [5.41, 5.74) is 6.59. The Bertz CT molecular complexity index is 411. The minimum atomic E-state index is 0.0772. The maximum Gasteiger partial charge on any atom is 0.237 e. The quantitative estimate of drug-likeness (QED) is 0.875. The fourth-order valence-electron chi connectivity index (χ4n) is 1.92. The number of hydrogen-bond donors (Lipinski definition) is 1. The van der Waals surface area contributed by atoms with E-state index in [1.165, 1.54) is 0 Å². The van der Waals surface area contributed by atoms with Crippen LogP contribution in [0.2, 0.25) is 0 Å². The Hall–Kier alpha value is -1.20. The van der Waals surface area contributed by atoms with Gasteiger partial charge < -0.3 is 15.4 Å². The Labute approximate surface area is 105 Å². The lowest BCUT2D eigenvalue weighted by molar-refractivity contribution is -0.116. The molecule has 1 atom stereocenters. The summed E-state index contributed by atoms with van der Waals surface area (Å²) < 4.78 is 5.18. The summed E-state index contributed by atoms with van der Waals surface area (Å²) in [5, 5.41) is 0. The van der Waals surface area contributed by atoms with Crippen LogP contribution < -0.4 is 15.4 Å². The Kier molecular flexibility index (Phi) is 3.91. The van der Waals surface area contributed by atoms with Crippen molar-refractivity contribution >= 4 is 23.4 Å². The standard InChI is InChI=1S/C12H16N2O2S/c1-16-11-4-2-3-9(5-11)14-10(6-13)7-17-8-12(14)15/h2-5,10H,6-8,13H2,1H3. The summed E-state index contributed by atoms with van der Waals surface area (Å²) >= 11 is 1.64. The molecule has 17 heavy (non-hydrogen) atoms. The fourth-order valence-corrected chi connectivity index (χ4v) is 2.91. The predicted octanol–water partition coefficient (Wildman–Crippen LogP) is 1.10. The van der Waals surface area contributed by atoms with Gasteiger partial charge in [0, 0.05) is 24.1 Å². The van der Waals surface area contributed by atoms with Crippen molar-refractivity contribution in [1.29, 1.82) is 0 Å². The molecule has 5 heteroatoms. The molecule has 1 unspecified atom stereocenters. The van der Waals surface area contributed by atoms with Crippen molar-refractivity contribution in [1.82, 2.24) is 0 Å². The number of benzene rings is 1. The number of rotatable bonds is 3. The van der Waals surface area contributed by atoms with Crippen molar-refractivity contribution in [2.24, 2.45) is 5.73 Å². The number of hydrogen-bond acceptors (Lipinski definition) is 4. The first kappa shape index (κ1) is 12.3. The molecule has 1 heterocycles. The molecule has 1 fully saturated rings. The van der Waals surface area contributed by atoms with Gasteiger partial charge in [0.1, 0.15) is 5.75 Å².